The van der Waals surface area contributed by atoms with Crippen molar-refractivity contribution in [2.75, 3.05) is 13.7 Å². The molecule has 3 aromatic carbocycles. The number of rotatable bonds is 7. The summed E-state index contributed by atoms with van der Waals surface area (Å²) in [6.45, 7) is 0.546. The highest BCUT2D eigenvalue weighted by atomic mass is 16.5. The van der Waals surface area contributed by atoms with E-state index in [2.05, 4.69) is 17.4 Å². The van der Waals surface area contributed by atoms with E-state index in [4.69, 9.17) is 9.84 Å². The first-order valence-corrected chi connectivity index (χ1v) is 9.87. The second-order valence-corrected chi connectivity index (χ2v) is 6.86. The summed E-state index contributed by atoms with van der Waals surface area (Å²) >= 11 is 0. The quantitative estimate of drug-likeness (QED) is 0.499. The maximum absolute atomic E-state index is 13.1. The molecule has 5 nitrogen and oxygen atoms in total. The van der Waals surface area contributed by atoms with Gasteiger partial charge in [0.25, 0.3) is 5.91 Å². The monoisotopic (exact) mass is 397 g/mol. The first-order valence-electron chi connectivity index (χ1n) is 9.87. The van der Waals surface area contributed by atoms with Crippen LogP contribution in [0.15, 0.2) is 91.1 Å². The SMILES string of the molecule is COc1ccccc1-c1nn(-c2ccccc2)cc1C(=O)NCCc1ccccc1. The predicted octanol–water partition coefficient (Wildman–Crippen LogP) is 4.52. The third-order valence-electron chi connectivity index (χ3n) is 4.88. The standard InChI is InChI=1S/C25H23N3O2/c1-30-23-15-9-8-14-21(23)24-22(18-28(27-24)20-12-6-3-7-13-20)25(29)26-17-16-19-10-4-2-5-11-19/h2-15,18H,16-17H2,1H3,(H,26,29). The van der Waals surface area contributed by atoms with Crippen LogP contribution in [0, 0.1) is 0 Å². The summed E-state index contributed by atoms with van der Waals surface area (Å²) < 4.78 is 7.24. The molecule has 0 bridgehead atoms. The molecule has 0 atom stereocenters. The van der Waals surface area contributed by atoms with E-state index in [1.807, 2.05) is 72.8 Å². The smallest absolute Gasteiger partial charge is 0.255 e. The van der Waals surface area contributed by atoms with Crippen LogP contribution < -0.4 is 10.1 Å². The van der Waals surface area contributed by atoms with Gasteiger partial charge in [0.1, 0.15) is 11.4 Å². The molecule has 0 spiro atoms. The molecule has 0 aliphatic carbocycles. The fraction of sp³-hybridized carbons (Fsp3) is 0.120. The van der Waals surface area contributed by atoms with E-state index in [9.17, 15) is 4.79 Å². The van der Waals surface area contributed by atoms with E-state index in [-0.39, 0.29) is 5.91 Å². The number of benzene rings is 3. The van der Waals surface area contributed by atoms with E-state index in [0.717, 1.165) is 17.7 Å². The molecule has 1 aromatic heterocycles. The molecule has 30 heavy (non-hydrogen) atoms. The van der Waals surface area contributed by atoms with Gasteiger partial charge in [0.2, 0.25) is 0 Å². The molecule has 150 valence electrons. The lowest BCUT2D eigenvalue weighted by Gasteiger charge is -2.08. The molecule has 0 radical (unpaired) electrons. The van der Waals surface area contributed by atoms with Crippen molar-refractivity contribution in [1.82, 2.24) is 15.1 Å². The van der Waals surface area contributed by atoms with Crippen molar-refractivity contribution in [3.8, 4) is 22.7 Å². The molecule has 5 heteroatoms. The van der Waals surface area contributed by atoms with E-state index >= 15 is 0 Å². The number of hydrogen-bond acceptors (Lipinski definition) is 3. The number of carbonyl (C=O) groups is 1. The van der Waals surface area contributed by atoms with Crippen molar-refractivity contribution in [3.63, 3.8) is 0 Å². The van der Waals surface area contributed by atoms with E-state index in [1.54, 1.807) is 18.0 Å². The number of ether oxygens (including phenoxy) is 1. The van der Waals surface area contributed by atoms with E-state index in [1.165, 1.54) is 5.56 Å². The number of para-hydroxylation sites is 2. The minimum absolute atomic E-state index is 0.158. The Morgan fingerprint density at radius 1 is 0.933 bits per heavy atom. The van der Waals surface area contributed by atoms with Gasteiger partial charge in [-0.25, -0.2) is 4.68 Å². The molecular formula is C25H23N3O2. The lowest BCUT2D eigenvalue weighted by atomic mass is 10.1. The van der Waals surface area contributed by atoms with Gasteiger partial charge in [0, 0.05) is 18.3 Å². The normalized spacial score (nSPS) is 10.6. The molecule has 0 unspecified atom stereocenters. The second kappa shape index (κ2) is 9.09. The van der Waals surface area contributed by atoms with E-state index < -0.39 is 0 Å². The van der Waals surface area contributed by atoms with Crippen molar-refractivity contribution >= 4 is 5.91 Å². The van der Waals surface area contributed by atoms with Gasteiger partial charge < -0.3 is 10.1 Å². The minimum Gasteiger partial charge on any atom is -0.496 e. The molecule has 0 aliphatic rings. The number of carbonyl (C=O) groups excluding carboxylic acids is 1. The summed E-state index contributed by atoms with van der Waals surface area (Å²) in [5.74, 6) is 0.517. The van der Waals surface area contributed by atoms with Gasteiger partial charge in [-0.1, -0.05) is 60.7 Å². The van der Waals surface area contributed by atoms with Crippen molar-refractivity contribution < 1.29 is 9.53 Å². The topological polar surface area (TPSA) is 56.2 Å². The maximum atomic E-state index is 13.1. The van der Waals surface area contributed by atoms with Gasteiger partial charge in [0.15, 0.2) is 0 Å². The highest BCUT2D eigenvalue weighted by molar-refractivity contribution is 6.00. The van der Waals surface area contributed by atoms with Crippen molar-refractivity contribution in [2.24, 2.45) is 0 Å². The van der Waals surface area contributed by atoms with Crippen LogP contribution in [0.5, 0.6) is 5.75 Å². The molecule has 1 N–H and O–H groups in total. The Hall–Kier alpha value is -3.86. The molecule has 1 amide bonds. The average molecular weight is 397 g/mol. The third kappa shape index (κ3) is 4.25. The van der Waals surface area contributed by atoms with E-state index in [0.29, 0.717) is 23.6 Å². The zero-order valence-corrected chi connectivity index (χ0v) is 16.8. The van der Waals surface area contributed by atoms with Crippen LogP contribution in [0.4, 0.5) is 0 Å². The summed E-state index contributed by atoms with van der Waals surface area (Å²) in [6, 6.07) is 27.4. The first kappa shape index (κ1) is 19.5. The Balaban J connectivity index is 1.65. The Bertz CT molecular complexity index is 1120. The number of amides is 1. The van der Waals surface area contributed by atoms with Crippen LogP contribution in [0.3, 0.4) is 0 Å². The van der Waals surface area contributed by atoms with Gasteiger partial charge in [-0.3, -0.25) is 4.79 Å². The van der Waals surface area contributed by atoms with Crippen molar-refractivity contribution in [1.29, 1.82) is 0 Å². The summed E-state index contributed by atoms with van der Waals surface area (Å²) in [6.07, 6.45) is 2.54. The average Bonchev–Trinajstić information content (AvgIpc) is 3.26. The van der Waals surface area contributed by atoms with Crippen molar-refractivity contribution in [2.45, 2.75) is 6.42 Å². The largest absolute Gasteiger partial charge is 0.496 e. The summed E-state index contributed by atoms with van der Waals surface area (Å²) in [4.78, 5) is 13.1. The highest BCUT2D eigenvalue weighted by Crippen LogP contribution is 2.31. The predicted molar refractivity (Wildman–Crippen MR) is 118 cm³/mol. The summed E-state index contributed by atoms with van der Waals surface area (Å²) in [5.41, 5.74) is 3.95. The molecule has 0 aliphatic heterocycles. The van der Waals surface area contributed by atoms with Gasteiger partial charge in [-0.2, -0.15) is 5.10 Å². The Morgan fingerprint density at radius 3 is 2.33 bits per heavy atom. The maximum Gasteiger partial charge on any atom is 0.255 e. The zero-order chi connectivity index (χ0) is 20.8. The van der Waals surface area contributed by atoms with Crippen LogP contribution in [0.25, 0.3) is 16.9 Å². The number of aromatic nitrogens is 2. The van der Waals surface area contributed by atoms with Crippen LogP contribution in [0.1, 0.15) is 15.9 Å². The van der Waals surface area contributed by atoms with Gasteiger partial charge in [-0.15, -0.1) is 0 Å². The van der Waals surface area contributed by atoms with Gasteiger partial charge in [-0.05, 0) is 36.2 Å². The second-order valence-electron chi connectivity index (χ2n) is 6.86. The minimum atomic E-state index is -0.158. The Kier molecular flexibility index (Phi) is 5.90. The molecular weight excluding hydrogens is 374 g/mol. The third-order valence-corrected chi connectivity index (χ3v) is 4.88. The fourth-order valence-corrected chi connectivity index (χ4v) is 3.35. The van der Waals surface area contributed by atoms with Gasteiger partial charge in [0.05, 0.1) is 18.4 Å². The molecule has 0 saturated carbocycles. The number of hydrogen-bond donors (Lipinski definition) is 1. The molecule has 0 saturated heterocycles. The van der Waals surface area contributed by atoms with Crippen LogP contribution in [0.2, 0.25) is 0 Å². The highest BCUT2D eigenvalue weighted by Gasteiger charge is 2.20. The molecule has 4 aromatic rings. The van der Waals surface area contributed by atoms with Crippen molar-refractivity contribution in [3.05, 3.63) is 102 Å². The lowest BCUT2D eigenvalue weighted by molar-refractivity contribution is 0.0955. The first-order chi connectivity index (χ1) is 14.8. The zero-order valence-electron chi connectivity index (χ0n) is 16.8. The number of nitrogens with zero attached hydrogens (tertiary/aromatic N) is 2. The summed E-state index contributed by atoms with van der Waals surface area (Å²) in [7, 11) is 1.62. The van der Waals surface area contributed by atoms with Crippen LogP contribution >= 0.6 is 0 Å². The van der Waals surface area contributed by atoms with Gasteiger partial charge >= 0.3 is 0 Å². The Morgan fingerprint density at radius 2 is 1.60 bits per heavy atom. The molecule has 1 heterocycles. The lowest BCUT2D eigenvalue weighted by Crippen LogP contribution is -2.25. The number of nitrogens with one attached hydrogen (secondary N) is 1. The Labute approximate surface area is 175 Å². The molecule has 0 fully saturated rings. The summed E-state index contributed by atoms with van der Waals surface area (Å²) in [5, 5.41) is 7.75. The fourth-order valence-electron chi connectivity index (χ4n) is 3.35. The van der Waals surface area contributed by atoms with Crippen LogP contribution in [-0.4, -0.2) is 29.3 Å². The number of methoxy groups -OCH3 is 1. The van der Waals surface area contributed by atoms with Crippen LogP contribution in [-0.2, 0) is 6.42 Å². The molecule has 4 rings (SSSR count).